The summed E-state index contributed by atoms with van der Waals surface area (Å²) in [5.74, 6) is 0. The average molecular weight is 236 g/mol. The van der Waals surface area contributed by atoms with Crippen LogP contribution >= 0.6 is 11.6 Å². The van der Waals surface area contributed by atoms with Gasteiger partial charge in [0.1, 0.15) is 10.0 Å². The maximum Gasteiger partial charge on any atom is 0.242 e. The minimum absolute atomic E-state index is 0.00720. The van der Waals surface area contributed by atoms with Crippen molar-refractivity contribution in [3.05, 3.63) is 23.5 Å². The minimum Gasteiger partial charge on any atom is -0.243 e. The van der Waals surface area contributed by atoms with Crippen molar-refractivity contribution in [2.24, 2.45) is 0 Å². The van der Waals surface area contributed by atoms with E-state index in [2.05, 4.69) is 9.71 Å². The quantitative estimate of drug-likeness (QED) is 0.807. The van der Waals surface area contributed by atoms with Gasteiger partial charge >= 0.3 is 0 Å². The molecule has 1 aromatic heterocycles. The molecule has 0 amide bonds. The SMILES string of the molecule is [2H]C(C)(C)NS(=O)(=O)c1ccc(Cl)nc1. The summed E-state index contributed by atoms with van der Waals surface area (Å²) < 4.78 is 32.9. The Kier molecular flexibility index (Phi) is 3.00. The molecule has 0 aliphatic carbocycles. The van der Waals surface area contributed by atoms with E-state index in [0.717, 1.165) is 6.20 Å². The maximum atomic E-state index is 11.6. The Hall–Kier alpha value is -0.650. The molecule has 14 heavy (non-hydrogen) atoms. The van der Waals surface area contributed by atoms with Crippen molar-refractivity contribution in [1.82, 2.24) is 9.71 Å². The lowest BCUT2D eigenvalue weighted by molar-refractivity contribution is 0.569. The van der Waals surface area contributed by atoms with Gasteiger partial charge in [-0.2, -0.15) is 0 Å². The van der Waals surface area contributed by atoms with E-state index in [0.29, 0.717) is 0 Å². The lowest BCUT2D eigenvalue weighted by Crippen LogP contribution is -2.30. The molecule has 1 aromatic rings. The highest BCUT2D eigenvalue weighted by Gasteiger charge is 2.14. The number of aromatic nitrogens is 1. The first-order valence-corrected chi connectivity index (χ1v) is 5.72. The summed E-state index contributed by atoms with van der Waals surface area (Å²) in [5, 5.41) is 0.221. The van der Waals surface area contributed by atoms with E-state index < -0.39 is 16.0 Å². The minimum atomic E-state index is -3.69. The molecule has 4 nitrogen and oxygen atoms in total. The second-order valence-electron chi connectivity index (χ2n) is 2.92. The van der Waals surface area contributed by atoms with E-state index in [1.54, 1.807) is 0 Å². The highest BCUT2D eigenvalue weighted by Crippen LogP contribution is 2.10. The van der Waals surface area contributed by atoms with E-state index in [-0.39, 0.29) is 10.0 Å². The molecule has 0 aliphatic heterocycles. The van der Waals surface area contributed by atoms with Crippen LogP contribution in [-0.2, 0) is 10.0 Å². The van der Waals surface area contributed by atoms with Crippen LogP contribution in [0.25, 0.3) is 0 Å². The van der Waals surface area contributed by atoms with Gasteiger partial charge in [-0.3, -0.25) is 0 Å². The number of rotatable bonds is 3. The van der Waals surface area contributed by atoms with Crippen LogP contribution < -0.4 is 4.72 Å². The summed E-state index contributed by atoms with van der Waals surface area (Å²) in [6.45, 7) is 2.88. The van der Waals surface area contributed by atoms with E-state index in [4.69, 9.17) is 13.0 Å². The van der Waals surface area contributed by atoms with Gasteiger partial charge in [-0.1, -0.05) is 11.6 Å². The highest BCUT2D eigenvalue weighted by molar-refractivity contribution is 7.89. The van der Waals surface area contributed by atoms with Crippen molar-refractivity contribution in [2.75, 3.05) is 0 Å². The second kappa shape index (κ2) is 4.25. The lowest BCUT2D eigenvalue weighted by atomic mass is 10.4. The highest BCUT2D eigenvalue weighted by atomic mass is 35.5. The summed E-state index contributed by atoms with van der Waals surface area (Å²) in [7, 11) is -3.69. The van der Waals surface area contributed by atoms with Gasteiger partial charge in [0, 0.05) is 13.6 Å². The molecule has 0 radical (unpaired) electrons. The Bertz CT molecular complexity index is 439. The van der Waals surface area contributed by atoms with Crippen molar-refractivity contribution in [3.8, 4) is 0 Å². The molecule has 0 unspecified atom stereocenters. The van der Waals surface area contributed by atoms with E-state index >= 15 is 0 Å². The van der Waals surface area contributed by atoms with Gasteiger partial charge in [0.2, 0.25) is 10.0 Å². The Morgan fingerprint density at radius 2 is 2.21 bits per heavy atom. The van der Waals surface area contributed by atoms with Crippen LogP contribution in [0, 0.1) is 0 Å². The van der Waals surface area contributed by atoms with Crippen LogP contribution in [-0.4, -0.2) is 19.4 Å². The number of pyridine rings is 1. The van der Waals surface area contributed by atoms with Crippen LogP contribution in [0.2, 0.25) is 5.15 Å². The molecule has 0 aliphatic rings. The standard InChI is InChI=1S/C8H11ClN2O2S/c1-6(2)11-14(12,13)7-3-4-8(9)10-5-7/h3-6,11H,1-2H3/i6D. The topological polar surface area (TPSA) is 59.1 Å². The van der Waals surface area contributed by atoms with Gasteiger partial charge in [0.15, 0.2) is 0 Å². The molecule has 0 saturated heterocycles. The summed E-state index contributed by atoms with van der Waals surface area (Å²) in [5.41, 5.74) is 0. The Morgan fingerprint density at radius 3 is 2.64 bits per heavy atom. The first-order chi connectivity index (χ1) is 6.71. The number of sulfonamides is 1. The van der Waals surface area contributed by atoms with E-state index in [9.17, 15) is 8.42 Å². The zero-order valence-electron chi connectivity index (χ0n) is 8.78. The molecule has 0 aromatic carbocycles. The number of nitrogens with one attached hydrogen (secondary N) is 1. The van der Waals surface area contributed by atoms with E-state index in [1.807, 2.05) is 0 Å². The molecule has 1 rings (SSSR count). The van der Waals surface area contributed by atoms with Crippen molar-refractivity contribution >= 4 is 21.6 Å². The van der Waals surface area contributed by atoms with Gasteiger partial charge in [-0.25, -0.2) is 18.1 Å². The van der Waals surface area contributed by atoms with Crippen LogP contribution in [0.15, 0.2) is 23.2 Å². The van der Waals surface area contributed by atoms with E-state index in [1.165, 1.54) is 26.0 Å². The molecule has 0 saturated carbocycles. The number of hydrogen-bond acceptors (Lipinski definition) is 3. The molecular weight excluding hydrogens is 224 g/mol. The predicted octanol–water partition coefficient (Wildman–Crippen LogP) is 1.42. The third-order valence-electron chi connectivity index (χ3n) is 1.35. The largest absolute Gasteiger partial charge is 0.243 e. The van der Waals surface area contributed by atoms with Crippen molar-refractivity contribution in [2.45, 2.75) is 24.8 Å². The van der Waals surface area contributed by atoms with Gasteiger partial charge in [-0.05, 0) is 26.0 Å². The molecule has 1 N–H and O–H groups in total. The molecule has 0 spiro atoms. The summed E-state index contributed by atoms with van der Waals surface area (Å²) >= 11 is 5.53. The van der Waals surface area contributed by atoms with Crippen LogP contribution in [0.1, 0.15) is 15.2 Å². The molecule has 78 valence electrons. The molecule has 1 heterocycles. The number of nitrogens with zero attached hydrogens (tertiary/aromatic N) is 1. The fourth-order valence-electron chi connectivity index (χ4n) is 0.849. The van der Waals surface area contributed by atoms with Crippen LogP contribution in [0.3, 0.4) is 0 Å². The first-order valence-electron chi connectivity index (χ1n) is 4.36. The third kappa shape index (κ3) is 2.94. The molecule has 0 atom stereocenters. The summed E-state index contributed by atoms with van der Waals surface area (Å²) in [4.78, 5) is 3.65. The Balaban J connectivity index is 3.02. The Morgan fingerprint density at radius 1 is 1.57 bits per heavy atom. The molecule has 0 fully saturated rings. The fourth-order valence-corrected chi connectivity index (χ4v) is 2.05. The predicted molar refractivity (Wildman–Crippen MR) is 54.7 cm³/mol. The average Bonchev–Trinajstić information content (AvgIpc) is 2.00. The molecule has 0 bridgehead atoms. The fraction of sp³-hybridized carbons (Fsp3) is 0.375. The smallest absolute Gasteiger partial charge is 0.242 e. The zero-order valence-corrected chi connectivity index (χ0v) is 9.35. The zero-order chi connectivity index (χ0) is 11.7. The monoisotopic (exact) mass is 235 g/mol. The second-order valence-corrected chi connectivity index (χ2v) is 4.99. The van der Waals surface area contributed by atoms with Crippen LogP contribution in [0.4, 0.5) is 0 Å². The Labute approximate surface area is 89.8 Å². The molecule has 6 heteroatoms. The normalized spacial score (nSPS) is 13.8. The third-order valence-corrected chi connectivity index (χ3v) is 3.11. The van der Waals surface area contributed by atoms with Gasteiger partial charge < -0.3 is 0 Å². The van der Waals surface area contributed by atoms with Gasteiger partial charge in [0.05, 0.1) is 0 Å². The maximum absolute atomic E-state index is 11.6. The lowest BCUT2D eigenvalue weighted by Gasteiger charge is -2.08. The van der Waals surface area contributed by atoms with Crippen molar-refractivity contribution in [3.63, 3.8) is 0 Å². The first kappa shape index (κ1) is 9.89. The van der Waals surface area contributed by atoms with Crippen molar-refractivity contribution < 1.29 is 9.79 Å². The van der Waals surface area contributed by atoms with Gasteiger partial charge in [0.25, 0.3) is 0 Å². The molecular formula is C8H11ClN2O2S. The van der Waals surface area contributed by atoms with Crippen molar-refractivity contribution in [1.29, 1.82) is 0 Å². The van der Waals surface area contributed by atoms with Crippen LogP contribution in [0.5, 0.6) is 0 Å². The number of hydrogen-bond donors (Lipinski definition) is 1. The van der Waals surface area contributed by atoms with Gasteiger partial charge in [-0.15, -0.1) is 0 Å². The number of halogens is 1. The summed E-state index contributed by atoms with van der Waals surface area (Å²) in [6, 6.07) is 1.45. The summed E-state index contributed by atoms with van der Waals surface area (Å²) in [6.07, 6.45) is 1.15.